The van der Waals surface area contributed by atoms with Gasteiger partial charge in [0.2, 0.25) is 0 Å². The maximum absolute atomic E-state index is 15.0. The Morgan fingerprint density at radius 1 is 0.950 bits per heavy atom. The number of rotatable bonds is 5. The molecule has 0 aliphatic carbocycles. The van der Waals surface area contributed by atoms with Crippen molar-refractivity contribution in [2.24, 2.45) is 0 Å². The number of halogens is 4. The zero-order valence-electron chi connectivity index (χ0n) is 21.7. The molecule has 1 N–H and O–H groups in total. The molecule has 0 saturated carbocycles. The molecule has 2 aliphatic rings. The highest BCUT2D eigenvalue weighted by molar-refractivity contribution is 6.06. The normalized spacial score (nSPS) is 18.1. The van der Waals surface area contributed by atoms with Crippen LogP contribution in [-0.2, 0) is 0 Å². The third-order valence-electron chi connectivity index (χ3n) is 7.59. The van der Waals surface area contributed by atoms with Gasteiger partial charge >= 0.3 is 0 Å². The SMILES string of the molecule is CN1CCN(c2cc(F)c(C(=O)Nc3cnn4ccc(N5CCC[C@@H]5c5cc(F)ccc5F)nc34)cc2F)CC1. The van der Waals surface area contributed by atoms with Gasteiger partial charge in [0.15, 0.2) is 5.65 Å². The number of amides is 1. The molecule has 12 heteroatoms. The minimum atomic E-state index is -0.843. The van der Waals surface area contributed by atoms with Crippen molar-refractivity contribution in [3.63, 3.8) is 0 Å². The molecule has 40 heavy (non-hydrogen) atoms. The van der Waals surface area contributed by atoms with Crippen molar-refractivity contribution in [3.05, 3.63) is 83.2 Å². The Bertz CT molecular complexity index is 1580. The van der Waals surface area contributed by atoms with Crippen LogP contribution in [0, 0.1) is 23.3 Å². The molecule has 208 valence electrons. The quantitative estimate of drug-likeness (QED) is 0.364. The van der Waals surface area contributed by atoms with Crippen LogP contribution >= 0.6 is 0 Å². The monoisotopic (exact) mass is 553 g/mol. The number of fused-ring (bicyclic) bond motifs is 1. The number of benzene rings is 2. The number of piperazine rings is 1. The first-order valence-electron chi connectivity index (χ1n) is 13.1. The smallest absolute Gasteiger partial charge is 0.258 e. The first kappa shape index (κ1) is 26.1. The number of aromatic nitrogens is 3. The lowest BCUT2D eigenvalue weighted by molar-refractivity contribution is 0.102. The maximum atomic E-state index is 15.0. The van der Waals surface area contributed by atoms with Crippen LogP contribution in [0.4, 0.5) is 34.8 Å². The summed E-state index contributed by atoms with van der Waals surface area (Å²) in [5.41, 5.74) is 0.402. The average molecular weight is 554 g/mol. The zero-order chi connectivity index (χ0) is 28.0. The third-order valence-corrected chi connectivity index (χ3v) is 7.59. The van der Waals surface area contributed by atoms with Crippen LogP contribution in [0.25, 0.3) is 5.65 Å². The van der Waals surface area contributed by atoms with Gasteiger partial charge in [-0.3, -0.25) is 4.79 Å². The summed E-state index contributed by atoms with van der Waals surface area (Å²) in [7, 11) is 1.97. The Morgan fingerprint density at radius 3 is 2.55 bits per heavy atom. The van der Waals surface area contributed by atoms with Crippen molar-refractivity contribution in [1.29, 1.82) is 0 Å². The standard InChI is InChI=1S/C28H27F4N7O/c1-36-9-11-37(12-10-36)25-15-21(31)19(14-22(25)32)28(40)34-23-16-33-39-8-6-26(35-27(23)39)38-7-2-3-24(38)18-13-17(29)4-5-20(18)30/h4-6,8,13-16,24H,2-3,7,9-12H2,1H3,(H,34,40)/t24-/m1/s1. The summed E-state index contributed by atoms with van der Waals surface area (Å²) in [6, 6.07) is 6.65. The molecule has 0 bridgehead atoms. The highest BCUT2D eigenvalue weighted by atomic mass is 19.1. The fraction of sp³-hybridized carbons (Fsp3) is 0.321. The van der Waals surface area contributed by atoms with Gasteiger partial charge in [0, 0.05) is 50.6 Å². The highest BCUT2D eigenvalue weighted by Crippen LogP contribution is 2.37. The number of carbonyl (C=O) groups is 1. The van der Waals surface area contributed by atoms with Gasteiger partial charge in [0.1, 0.15) is 34.8 Å². The lowest BCUT2D eigenvalue weighted by atomic mass is 10.0. The molecule has 8 nitrogen and oxygen atoms in total. The Labute approximate surface area is 227 Å². The Kier molecular flexibility index (Phi) is 6.78. The predicted octanol–water partition coefficient (Wildman–Crippen LogP) is 4.63. The molecule has 6 rings (SSSR count). The highest BCUT2D eigenvalue weighted by Gasteiger charge is 2.30. The fourth-order valence-electron chi connectivity index (χ4n) is 5.43. The van der Waals surface area contributed by atoms with Crippen molar-refractivity contribution < 1.29 is 22.4 Å². The summed E-state index contributed by atoms with van der Waals surface area (Å²) in [4.78, 5) is 23.4. The van der Waals surface area contributed by atoms with Crippen LogP contribution in [0.5, 0.6) is 0 Å². The molecule has 2 aromatic carbocycles. The minimum Gasteiger partial charge on any atom is -0.367 e. The number of hydrogen-bond donors (Lipinski definition) is 1. The molecule has 2 aliphatic heterocycles. The van der Waals surface area contributed by atoms with E-state index in [1.165, 1.54) is 16.8 Å². The van der Waals surface area contributed by atoms with E-state index in [9.17, 15) is 18.0 Å². The van der Waals surface area contributed by atoms with E-state index in [2.05, 4.69) is 20.3 Å². The molecule has 0 spiro atoms. The van der Waals surface area contributed by atoms with E-state index in [4.69, 9.17) is 0 Å². The van der Waals surface area contributed by atoms with E-state index in [-0.39, 0.29) is 22.6 Å². The van der Waals surface area contributed by atoms with Crippen molar-refractivity contribution in [2.45, 2.75) is 18.9 Å². The lowest BCUT2D eigenvalue weighted by Gasteiger charge is -2.34. The summed E-state index contributed by atoms with van der Waals surface area (Å²) in [5.74, 6) is -2.89. The molecule has 2 fully saturated rings. The lowest BCUT2D eigenvalue weighted by Crippen LogP contribution is -2.44. The average Bonchev–Trinajstić information content (AvgIpc) is 3.59. The molecular formula is C28H27F4N7O. The third kappa shape index (κ3) is 4.83. The number of carbonyl (C=O) groups excluding carboxylic acids is 1. The van der Waals surface area contributed by atoms with Gasteiger partial charge in [0.25, 0.3) is 5.91 Å². The van der Waals surface area contributed by atoms with E-state index in [0.717, 1.165) is 43.8 Å². The van der Waals surface area contributed by atoms with E-state index >= 15 is 4.39 Å². The first-order chi connectivity index (χ1) is 19.3. The number of nitrogens with zero attached hydrogens (tertiary/aromatic N) is 6. The number of hydrogen-bond acceptors (Lipinski definition) is 6. The van der Waals surface area contributed by atoms with Crippen molar-refractivity contribution in [1.82, 2.24) is 19.5 Å². The van der Waals surface area contributed by atoms with Gasteiger partial charge in [-0.15, -0.1) is 0 Å². The van der Waals surface area contributed by atoms with Gasteiger partial charge in [-0.2, -0.15) is 5.10 Å². The molecule has 2 aromatic heterocycles. The van der Waals surface area contributed by atoms with Gasteiger partial charge in [-0.05, 0) is 50.2 Å². The van der Waals surface area contributed by atoms with Crippen LogP contribution < -0.4 is 15.1 Å². The molecule has 1 amide bonds. The Morgan fingerprint density at radius 2 is 1.75 bits per heavy atom. The van der Waals surface area contributed by atoms with E-state index in [0.29, 0.717) is 31.9 Å². The predicted molar refractivity (Wildman–Crippen MR) is 143 cm³/mol. The summed E-state index contributed by atoms with van der Waals surface area (Å²) < 4.78 is 59.9. The minimum absolute atomic E-state index is 0.124. The maximum Gasteiger partial charge on any atom is 0.258 e. The van der Waals surface area contributed by atoms with Gasteiger partial charge in [-0.1, -0.05) is 0 Å². The number of likely N-dealkylation sites (N-methyl/N-ethyl adjacent to an activating group) is 1. The molecule has 4 aromatic rings. The molecule has 2 saturated heterocycles. The zero-order valence-corrected chi connectivity index (χ0v) is 21.7. The van der Waals surface area contributed by atoms with Crippen molar-refractivity contribution in [2.75, 3.05) is 54.9 Å². The van der Waals surface area contributed by atoms with E-state index < -0.39 is 40.8 Å². The van der Waals surface area contributed by atoms with Gasteiger partial charge in [0.05, 0.1) is 23.5 Å². The van der Waals surface area contributed by atoms with Crippen LogP contribution in [0.3, 0.4) is 0 Å². The summed E-state index contributed by atoms with van der Waals surface area (Å²) in [6.45, 7) is 3.13. The summed E-state index contributed by atoms with van der Waals surface area (Å²) in [6.07, 6.45) is 4.37. The van der Waals surface area contributed by atoms with Gasteiger partial charge in [-0.25, -0.2) is 27.1 Å². The molecule has 0 radical (unpaired) electrons. The van der Waals surface area contributed by atoms with Gasteiger partial charge < -0.3 is 20.0 Å². The fourth-order valence-corrected chi connectivity index (χ4v) is 5.43. The second kappa shape index (κ2) is 10.4. The molecule has 4 heterocycles. The van der Waals surface area contributed by atoms with Crippen LogP contribution in [-0.4, -0.2) is 65.2 Å². The Balaban J connectivity index is 1.25. The van der Waals surface area contributed by atoms with E-state index in [1.54, 1.807) is 17.2 Å². The Hall–Kier alpha value is -4.19. The van der Waals surface area contributed by atoms with Crippen molar-refractivity contribution in [3.8, 4) is 0 Å². The second-order valence-corrected chi connectivity index (χ2v) is 10.2. The van der Waals surface area contributed by atoms with E-state index in [1.807, 2.05) is 11.9 Å². The van der Waals surface area contributed by atoms with Crippen LogP contribution in [0.15, 0.2) is 48.8 Å². The molecular weight excluding hydrogens is 526 g/mol. The van der Waals surface area contributed by atoms with Crippen LogP contribution in [0.2, 0.25) is 0 Å². The topological polar surface area (TPSA) is 69.0 Å². The second-order valence-electron chi connectivity index (χ2n) is 10.2. The largest absolute Gasteiger partial charge is 0.367 e. The number of anilines is 3. The summed E-state index contributed by atoms with van der Waals surface area (Å²) >= 11 is 0. The van der Waals surface area contributed by atoms with Crippen molar-refractivity contribution >= 4 is 28.7 Å². The number of nitrogens with one attached hydrogen (secondary N) is 1. The molecule has 1 atom stereocenters. The molecule has 0 unspecified atom stereocenters. The first-order valence-corrected chi connectivity index (χ1v) is 13.1. The summed E-state index contributed by atoms with van der Waals surface area (Å²) in [5, 5.41) is 6.78. The van der Waals surface area contributed by atoms with Crippen LogP contribution in [0.1, 0.15) is 34.8 Å².